The van der Waals surface area contributed by atoms with Crippen LogP contribution in [0.3, 0.4) is 0 Å². The zero-order valence-electron chi connectivity index (χ0n) is 18.7. The van der Waals surface area contributed by atoms with Crippen LogP contribution in [0.15, 0.2) is 36.4 Å². The summed E-state index contributed by atoms with van der Waals surface area (Å²) < 4.78 is 15.1. The third-order valence-electron chi connectivity index (χ3n) is 6.37. The molecule has 1 atom stereocenters. The zero-order chi connectivity index (χ0) is 22.1. The van der Waals surface area contributed by atoms with E-state index in [-0.39, 0.29) is 24.2 Å². The average molecular weight is 421 g/mol. The van der Waals surface area contributed by atoms with Crippen molar-refractivity contribution in [1.82, 2.24) is 19.7 Å². The maximum atomic E-state index is 13.3. The summed E-state index contributed by atoms with van der Waals surface area (Å²) in [5.74, 6) is 0.0506. The summed E-state index contributed by atoms with van der Waals surface area (Å²) >= 11 is 0. The number of hydrogen-bond acceptors (Lipinski definition) is 3. The molecule has 6 heteroatoms. The number of piperidine rings is 1. The Morgan fingerprint density at radius 3 is 2.52 bits per heavy atom. The Morgan fingerprint density at radius 2 is 1.84 bits per heavy atom. The lowest BCUT2D eigenvalue weighted by Gasteiger charge is -2.33. The van der Waals surface area contributed by atoms with Gasteiger partial charge in [0.2, 0.25) is 5.91 Å². The Balaban J connectivity index is 1.52. The first-order chi connectivity index (χ1) is 14.8. The number of nitrogens with zero attached hydrogens (tertiary/aromatic N) is 4. The molecule has 3 aromatic rings. The Hall–Kier alpha value is -3.02. The van der Waals surface area contributed by atoms with Gasteiger partial charge in [0.1, 0.15) is 12.4 Å². The van der Waals surface area contributed by atoms with E-state index in [4.69, 9.17) is 4.98 Å². The molecule has 3 heterocycles. The molecule has 1 saturated heterocycles. The lowest BCUT2D eigenvalue weighted by molar-refractivity contribution is -0.133. The van der Waals surface area contributed by atoms with E-state index in [0.717, 1.165) is 58.9 Å². The number of likely N-dealkylation sites (tertiary alicyclic amines) is 1. The van der Waals surface area contributed by atoms with E-state index in [1.807, 2.05) is 43.3 Å². The van der Waals surface area contributed by atoms with Crippen LogP contribution in [-0.2, 0) is 11.3 Å². The van der Waals surface area contributed by atoms with Gasteiger partial charge in [-0.2, -0.15) is 5.10 Å². The fourth-order valence-electron chi connectivity index (χ4n) is 4.33. The van der Waals surface area contributed by atoms with Crippen LogP contribution in [0.1, 0.15) is 47.1 Å². The molecule has 1 fully saturated rings. The van der Waals surface area contributed by atoms with Crippen molar-refractivity contribution in [2.24, 2.45) is 0 Å². The van der Waals surface area contributed by atoms with Crippen molar-refractivity contribution < 1.29 is 9.18 Å². The fraction of sp³-hybridized carbons (Fsp3) is 0.400. The van der Waals surface area contributed by atoms with Crippen LogP contribution in [0.25, 0.3) is 11.1 Å². The second-order valence-electron chi connectivity index (χ2n) is 8.56. The van der Waals surface area contributed by atoms with E-state index in [1.54, 1.807) is 12.1 Å². The number of hydrogen-bond donors (Lipinski definition) is 0. The molecule has 162 valence electrons. The second-order valence-corrected chi connectivity index (χ2v) is 8.56. The van der Waals surface area contributed by atoms with Gasteiger partial charge in [-0.3, -0.25) is 14.5 Å². The summed E-state index contributed by atoms with van der Waals surface area (Å²) in [5, 5.41) is 4.51. The number of aromatic nitrogens is 3. The van der Waals surface area contributed by atoms with Crippen LogP contribution in [0.2, 0.25) is 0 Å². The van der Waals surface area contributed by atoms with Gasteiger partial charge in [0, 0.05) is 36.1 Å². The number of pyridine rings is 1. The zero-order valence-corrected chi connectivity index (χ0v) is 18.7. The molecule has 0 saturated carbocycles. The minimum atomic E-state index is -0.242. The van der Waals surface area contributed by atoms with Gasteiger partial charge in [-0.1, -0.05) is 12.1 Å². The molecule has 1 aliphatic heterocycles. The van der Waals surface area contributed by atoms with E-state index in [1.165, 1.54) is 12.1 Å². The summed E-state index contributed by atoms with van der Waals surface area (Å²) in [6.45, 7) is 9.71. The molecule has 5 nitrogen and oxygen atoms in total. The van der Waals surface area contributed by atoms with Gasteiger partial charge in [-0.05, 0) is 81.5 Å². The van der Waals surface area contributed by atoms with Gasteiger partial charge >= 0.3 is 0 Å². The average Bonchev–Trinajstić information content (AvgIpc) is 3.00. The van der Waals surface area contributed by atoms with Gasteiger partial charge < -0.3 is 4.90 Å². The van der Waals surface area contributed by atoms with E-state index in [9.17, 15) is 9.18 Å². The molecule has 0 N–H and O–H groups in total. The van der Waals surface area contributed by atoms with Gasteiger partial charge in [0.05, 0.1) is 5.69 Å². The predicted octanol–water partition coefficient (Wildman–Crippen LogP) is 4.72. The normalized spacial score (nSPS) is 16.5. The smallest absolute Gasteiger partial charge is 0.244 e. The van der Waals surface area contributed by atoms with Crippen LogP contribution in [-0.4, -0.2) is 38.7 Å². The number of benzene rings is 1. The Labute approximate surface area is 182 Å². The number of carbonyl (C=O) groups excluding carboxylic acids is 1. The Morgan fingerprint density at radius 1 is 1.10 bits per heavy atom. The van der Waals surface area contributed by atoms with Crippen molar-refractivity contribution in [2.45, 2.75) is 53.0 Å². The van der Waals surface area contributed by atoms with Gasteiger partial charge in [0.25, 0.3) is 0 Å². The minimum Gasteiger partial charge on any atom is -0.340 e. The predicted molar refractivity (Wildman–Crippen MR) is 119 cm³/mol. The highest BCUT2D eigenvalue weighted by Crippen LogP contribution is 2.30. The highest BCUT2D eigenvalue weighted by Gasteiger charge is 2.27. The lowest BCUT2D eigenvalue weighted by Crippen LogP contribution is -2.41. The van der Waals surface area contributed by atoms with Crippen molar-refractivity contribution in [3.63, 3.8) is 0 Å². The SMILES string of the molecule is Cc1cc(-c2ccc(F)cc2)cc([C@H]2CCCN(C(=O)Cn3nc(C)c(C)c3C)C2)n1. The van der Waals surface area contributed by atoms with Crippen molar-refractivity contribution in [3.05, 3.63) is 70.6 Å². The summed E-state index contributed by atoms with van der Waals surface area (Å²) in [5.41, 5.74) is 7.09. The molecule has 31 heavy (non-hydrogen) atoms. The van der Waals surface area contributed by atoms with E-state index in [0.29, 0.717) is 6.54 Å². The summed E-state index contributed by atoms with van der Waals surface area (Å²) in [4.78, 5) is 19.7. The highest BCUT2D eigenvalue weighted by molar-refractivity contribution is 5.76. The standard InChI is InChI=1S/C25H29FN4O/c1-16-12-22(20-7-9-23(26)10-8-20)13-24(27-16)21-6-5-11-29(14-21)25(31)15-30-19(4)17(2)18(3)28-30/h7-10,12-13,21H,5-6,11,14-15H2,1-4H3/t21-/m0/s1. The third kappa shape index (κ3) is 4.53. The van der Waals surface area contributed by atoms with Gasteiger partial charge in [-0.15, -0.1) is 0 Å². The second kappa shape index (κ2) is 8.61. The maximum Gasteiger partial charge on any atom is 0.244 e. The molecule has 2 aromatic heterocycles. The molecule has 4 rings (SSSR count). The first-order valence-corrected chi connectivity index (χ1v) is 10.8. The molecular weight excluding hydrogens is 391 g/mol. The van der Waals surface area contributed by atoms with Crippen molar-refractivity contribution >= 4 is 5.91 Å². The molecule has 0 spiro atoms. The maximum absolute atomic E-state index is 13.3. The number of amides is 1. The molecule has 0 aliphatic carbocycles. The van der Waals surface area contributed by atoms with Crippen LogP contribution < -0.4 is 0 Å². The molecule has 1 aromatic carbocycles. The molecule has 0 bridgehead atoms. The van der Waals surface area contributed by atoms with Crippen LogP contribution in [0.4, 0.5) is 4.39 Å². The van der Waals surface area contributed by atoms with Crippen LogP contribution in [0, 0.1) is 33.5 Å². The molecule has 0 unspecified atom stereocenters. The van der Waals surface area contributed by atoms with Crippen LogP contribution in [0.5, 0.6) is 0 Å². The first kappa shape index (κ1) is 21.2. The van der Waals surface area contributed by atoms with Crippen molar-refractivity contribution in [3.8, 4) is 11.1 Å². The summed E-state index contributed by atoms with van der Waals surface area (Å²) in [7, 11) is 0. The summed E-state index contributed by atoms with van der Waals surface area (Å²) in [6, 6.07) is 10.7. The van der Waals surface area contributed by atoms with Crippen molar-refractivity contribution in [1.29, 1.82) is 0 Å². The van der Waals surface area contributed by atoms with E-state index in [2.05, 4.69) is 11.2 Å². The fourth-order valence-corrected chi connectivity index (χ4v) is 4.33. The number of aryl methyl sites for hydroxylation is 2. The molecule has 0 radical (unpaired) electrons. The van der Waals surface area contributed by atoms with Gasteiger partial charge in [-0.25, -0.2) is 4.39 Å². The third-order valence-corrected chi connectivity index (χ3v) is 6.37. The van der Waals surface area contributed by atoms with Crippen LogP contribution >= 0.6 is 0 Å². The Bertz CT molecular complexity index is 1100. The van der Waals surface area contributed by atoms with Crippen molar-refractivity contribution in [2.75, 3.05) is 13.1 Å². The largest absolute Gasteiger partial charge is 0.340 e. The summed E-state index contributed by atoms with van der Waals surface area (Å²) in [6.07, 6.45) is 1.95. The van der Waals surface area contributed by atoms with E-state index < -0.39 is 0 Å². The van der Waals surface area contributed by atoms with E-state index >= 15 is 0 Å². The molecular formula is C25H29FN4O. The van der Waals surface area contributed by atoms with Gasteiger partial charge in [0.15, 0.2) is 0 Å². The number of rotatable bonds is 4. The first-order valence-electron chi connectivity index (χ1n) is 10.8. The monoisotopic (exact) mass is 420 g/mol. The minimum absolute atomic E-state index is 0.0988. The quantitative estimate of drug-likeness (QED) is 0.613. The lowest BCUT2D eigenvalue weighted by atomic mass is 9.92. The molecule has 1 aliphatic rings. The number of halogens is 1. The molecule has 1 amide bonds. The topological polar surface area (TPSA) is 51.0 Å². The number of carbonyl (C=O) groups is 1. The Kier molecular flexibility index (Phi) is 5.90. The highest BCUT2D eigenvalue weighted by atomic mass is 19.1.